The second kappa shape index (κ2) is 8.38. The first-order valence-electron chi connectivity index (χ1n) is 8.06. The third-order valence-electron chi connectivity index (χ3n) is 3.44. The summed E-state index contributed by atoms with van der Waals surface area (Å²) in [7, 11) is 3.26. The van der Waals surface area contributed by atoms with Gasteiger partial charge in [-0.3, -0.25) is 0 Å². The number of hydrogen-bond donors (Lipinski definition) is 2. The third kappa shape index (κ3) is 5.01. The zero-order valence-corrected chi connectivity index (χ0v) is 15.0. The summed E-state index contributed by atoms with van der Waals surface area (Å²) in [5, 5.41) is 6.59. The van der Waals surface area contributed by atoms with Crippen molar-refractivity contribution in [1.29, 1.82) is 0 Å². The molecule has 0 amide bonds. The fraction of sp³-hybridized carbons (Fsp3) is 0.444. The molecule has 0 atom stereocenters. The number of hydrogen-bond acceptors (Lipinski definition) is 6. The molecule has 24 heavy (non-hydrogen) atoms. The van der Waals surface area contributed by atoms with Gasteiger partial charge in [0.2, 0.25) is 5.95 Å². The minimum atomic E-state index is 0.559. The van der Waals surface area contributed by atoms with Crippen molar-refractivity contribution < 1.29 is 9.47 Å². The summed E-state index contributed by atoms with van der Waals surface area (Å²) < 4.78 is 10.6. The van der Waals surface area contributed by atoms with Gasteiger partial charge in [0.15, 0.2) is 11.5 Å². The maximum Gasteiger partial charge on any atom is 0.225 e. The lowest BCUT2D eigenvalue weighted by Gasteiger charge is -2.12. The minimum Gasteiger partial charge on any atom is -0.493 e. The molecule has 1 aromatic carbocycles. The van der Waals surface area contributed by atoms with Gasteiger partial charge in [-0.2, -0.15) is 4.98 Å². The molecule has 2 rings (SSSR count). The van der Waals surface area contributed by atoms with Crippen LogP contribution in [0.15, 0.2) is 24.3 Å². The van der Waals surface area contributed by atoms with E-state index in [1.165, 1.54) is 0 Å². The smallest absolute Gasteiger partial charge is 0.225 e. The molecule has 0 saturated carbocycles. The topological polar surface area (TPSA) is 68.3 Å². The van der Waals surface area contributed by atoms with E-state index in [4.69, 9.17) is 9.47 Å². The van der Waals surface area contributed by atoms with Gasteiger partial charge in [-0.25, -0.2) is 4.98 Å². The van der Waals surface area contributed by atoms with Gasteiger partial charge in [0.25, 0.3) is 0 Å². The number of benzene rings is 1. The van der Waals surface area contributed by atoms with Crippen molar-refractivity contribution in [3.8, 4) is 11.5 Å². The molecular weight excluding hydrogens is 304 g/mol. The van der Waals surface area contributed by atoms with Crippen LogP contribution in [-0.4, -0.2) is 30.7 Å². The van der Waals surface area contributed by atoms with Gasteiger partial charge in [0.05, 0.1) is 14.2 Å². The Hall–Kier alpha value is -2.50. The van der Waals surface area contributed by atoms with Crippen molar-refractivity contribution in [1.82, 2.24) is 9.97 Å². The summed E-state index contributed by atoms with van der Waals surface area (Å²) in [4.78, 5) is 8.94. The Morgan fingerprint density at radius 3 is 2.42 bits per heavy atom. The van der Waals surface area contributed by atoms with Crippen molar-refractivity contribution in [3.05, 3.63) is 35.5 Å². The maximum atomic E-state index is 5.33. The summed E-state index contributed by atoms with van der Waals surface area (Å²) in [5.41, 5.74) is 1.99. The summed E-state index contributed by atoms with van der Waals surface area (Å²) in [6.07, 6.45) is 0. The van der Waals surface area contributed by atoms with Gasteiger partial charge >= 0.3 is 0 Å². The SMILES string of the molecule is COc1ccc(CNc2nc(C)cc(NCC(C)C)n2)cc1OC. The van der Waals surface area contributed by atoms with Crippen LogP contribution in [-0.2, 0) is 6.54 Å². The average molecular weight is 330 g/mol. The summed E-state index contributed by atoms with van der Waals surface area (Å²) in [6.45, 7) is 7.78. The largest absolute Gasteiger partial charge is 0.493 e. The molecule has 2 aromatic rings. The van der Waals surface area contributed by atoms with E-state index >= 15 is 0 Å². The van der Waals surface area contributed by atoms with Gasteiger partial charge in [0.1, 0.15) is 5.82 Å². The Kier molecular flexibility index (Phi) is 6.23. The van der Waals surface area contributed by atoms with Crippen LogP contribution in [0, 0.1) is 12.8 Å². The Labute approximate surface area is 143 Å². The number of nitrogens with zero attached hydrogens (tertiary/aromatic N) is 2. The van der Waals surface area contributed by atoms with Crippen LogP contribution >= 0.6 is 0 Å². The van der Waals surface area contributed by atoms with E-state index in [0.29, 0.717) is 29.9 Å². The molecule has 0 bridgehead atoms. The van der Waals surface area contributed by atoms with Crippen LogP contribution in [0.3, 0.4) is 0 Å². The Bertz CT molecular complexity index is 674. The third-order valence-corrected chi connectivity index (χ3v) is 3.44. The van der Waals surface area contributed by atoms with Crippen molar-refractivity contribution in [2.24, 2.45) is 5.92 Å². The van der Waals surface area contributed by atoms with Crippen molar-refractivity contribution in [2.75, 3.05) is 31.4 Å². The first-order valence-corrected chi connectivity index (χ1v) is 8.06. The molecule has 0 fully saturated rings. The molecule has 0 radical (unpaired) electrons. The Morgan fingerprint density at radius 2 is 1.75 bits per heavy atom. The van der Waals surface area contributed by atoms with E-state index in [0.717, 1.165) is 23.6 Å². The molecule has 0 saturated heterocycles. The van der Waals surface area contributed by atoms with Crippen molar-refractivity contribution in [3.63, 3.8) is 0 Å². The molecule has 2 N–H and O–H groups in total. The van der Waals surface area contributed by atoms with Crippen LogP contribution in [0.25, 0.3) is 0 Å². The van der Waals surface area contributed by atoms with E-state index in [-0.39, 0.29) is 0 Å². The summed E-state index contributed by atoms with van der Waals surface area (Å²) in [6, 6.07) is 7.77. The Balaban J connectivity index is 2.06. The van der Waals surface area contributed by atoms with Crippen LogP contribution in [0.1, 0.15) is 25.1 Å². The molecule has 0 aliphatic heterocycles. The molecule has 1 heterocycles. The summed E-state index contributed by atoms with van der Waals surface area (Å²) >= 11 is 0. The highest BCUT2D eigenvalue weighted by Crippen LogP contribution is 2.27. The first-order chi connectivity index (χ1) is 11.5. The van der Waals surface area contributed by atoms with Gasteiger partial charge in [-0.05, 0) is 30.5 Å². The first kappa shape index (κ1) is 17.8. The molecule has 1 aromatic heterocycles. The molecule has 0 spiro atoms. The molecular formula is C18H26N4O2. The van der Waals surface area contributed by atoms with Gasteiger partial charge in [0, 0.05) is 24.8 Å². The van der Waals surface area contributed by atoms with Gasteiger partial charge in [-0.1, -0.05) is 19.9 Å². The number of anilines is 2. The number of methoxy groups -OCH3 is 2. The number of nitrogens with one attached hydrogen (secondary N) is 2. The molecule has 0 aliphatic rings. The molecule has 130 valence electrons. The highest BCUT2D eigenvalue weighted by atomic mass is 16.5. The van der Waals surface area contributed by atoms with Crippen LogP contribution in [0.5, 0.6) is 11.5 Å². The molecule has 0 unspecified atom stereocenters. The van der Waals surface area contributed by atoms with E-state index in [1.807, 2.05) is 31.2 Å². The van der Waals surface area contributed by atoms with E-state index < -0.39 is 0 Å². The average Bonchev–Trinajstić information content (AvgIpc) is 2.57. The fourth-order valence-electron chi connectivity index (χ4n) is 2.22. The van der Waals surface area contributed by atoms with Crippen molar-refractivity contribution in [2.45, 2.75) is 27.3 Å². The van der Waals surface area contributed by atoms with Crippen LogP contribution in [0.4, 0.5) is 11.8 Å². The minimum absolute atomic E-state index is 0.559. The van der Waals surface area contributed by atoms with E-state index in [2.05, 4.69) is 34.4 Å². The highest BCUT2D eigenvalue weighted by Gasteiger charge is 2.06. The van der Waals surface area contributed by atoms with Gasteiger partial charge < -0.3 is 20.1 Å². The Morgan fingerprint density at radius 1 is 1.00 bits per heavy atom. The van der Waals surface area contributed by atoms with Crippen LogP contribution in [0.2, 0.25) is 0 Å². The number of rotatable bonds is 8. The van der Waals surface area contributed by atoms with Gasteiger partial charge in [-0.15, -0.1) is 0 Å². The molecule has 0 aliphatic carbocycles. The maximum absolute atomic E-state index is 5.33. The zero-order valence-electron chi connectivity index (χ0n) is 15.0. The van der Waals surface area contributed by atoms with Crippen molar-refractivity contribution >= 4 is 11.8 Å². The standard InChI is InChI=1S/C18H26N4O2/c1-12(2)10-19-17-8-13(3)21-18(22-17)20-11-14-6-7-15(23-4)16(9-14)24-5/h6-9,12H,10-11H2,1-5H3,(H2,19,20,21,22). The quantitative estimate of drug-likeness (QED) is 0.772. The highest BCUT2D eigenvalue weighted by molar-refractivity contribution is 5.45. The zero-order chi connectivity index (χ0) is 17.5. The van der Waals surface area contributed by atoms with Crippen LogP contribution < -0.4 is 20.1 Å². The molecule has 6 nitrogen and oxygen atoms in total. The number of aryl methyl sites for hydroxylation is 1. The predicted molar refractivity (Wildman–Crippen MR) is 97.0 cm³/mol. The van der Waals surface area contributed by atoms with E-state index in [1.54, 1.807) is 14.2 Å². The number of ether oxygens (including phenoxy) is 2. The molecule has 6 heteroatoms. The second-order valence-electron chi connectivity index (χ2n) is 6.04. The predicted octanol–water partition coefficient (Wildman–Crippen LogP) is 3.48. The second-order valence-corrected chi connectivity index (χ2v) is 6.04. The fourth-order valence-corrected chi connectivity index (χ4v) is 2.22. The number of aromatic nitrogens is 2. The lowest BCUT2D eigenvalue weighted by Crippen LogP contribution is -2.11. The monoisotopic (exact) mass is 330 g/mol. The normalized spacial score (nSPS) is 10.6. The van der Waals surface area contributed by atoms with E-state index in [9.17, 15) is 0 Å². The lowest BCUT2D eigenvalue weighted by atomic mass is 10.2. The lowest BCUT2D eigenvalue weighted by molar-refractivity contribution is 0.354. The summed E-state index contributed by atoms with van der Waals surface area (Å²) in [5.74, 6) is 3.43.